The summed E-state index contributed by atoms with van der Waals surface area (Å²) in [5.74, 6) is -1.32. The zero-order valence-electron chi connectivity index (χ0n) is 13.1. The fourth-order valence-electron chi connectivity index (χ4n) is 1.86. The number of carbonyl (C=O) groups is 1. The van der Waals surface area contributed by atoms with Gasteiger partial charge in [0.1, 0.15) is 5.69 Å². The van der Waals surface area contributed by atoms with Gasteiger partial charge in [-0.05, 0) is 26.3 Å². The van der Waals surface area contributed by atoms with Gasteiger partial charge in [-0.2, -0.15) is 13.2 Å². The van der Waals surface area contributed by atoms with Crippen molar-refractivity contribution >= 4 is 18.1 Å². The molecule has 1 aromatic rings. The van der Waals surface area contributed by atoms with Gasteiger partial charge in [-0.3, -0.25) is 0 Å². The molecule has 0 N–H and O–H groups in total. The van der Waals surface area contributed by atoms with E-state index in [0.29, 0.717) is 0 Å². The SMILES string of the molecule is CCOC=Nc1c(C(F)F)nc(C(F)(F)F)c(C(=O)OCC)c1C. The molecule has 1 aromatic heterocycles. The van der Waals surface area contributed by atoms with Crippen LogP contribution in [-0.2, 0) is 15.7 Å². The van der Waals surface area contributed by atoms with E-state index >= 15 is 0 Å². The van der Waals surface area contributed by atoms with Crippen LogP contribution in [0.2, 0.25) is 0 Å². The summed E-state index contributed by atoms with van der Waals surface area (Å²) in [5.41, 5.74) is -4.85. The Morgan fingerprint density at radius 3 is 2.38 bits per heavy atom. The number of hydrogen-bond donors (Lipinski definition) is 0. The maximum atomic E-state index is 13.1. The van der Waals surface area contributed by atoms with Crippen molar-refractivity contribution in [2.24, 2.45) is 4.99 Å². The van der Waals surface area contributed by atoms with Gasteiger partial charge in [-0.25, -0.2) is 23.6 Å². The van der Waals surface area contributed by atoms with Crippen molar-refractivity contribution in [1.29, 1.82) is 0 Å². The van der Waals surface area contributed by atoms with Crippen LogP contribution >= 0.6 is 0 Å². The maximum absolute atomic E-state index is 13.1. The van der Waals surface area contributed by atoms with Crippen LogP contribution in [0.15, 0.2) is 4.99 Å². The van der Waals surface area contributed by atoms with Crippen LogP contribution in [0.4, 0.5) is 27.6 Å². The van der Waals surface area contributed by atoms with Gasteiger partial charge in [0, 0.05) is 0 Å². The van der Waals surface area contributed by atoms with E-state index in [1.807, 2.05) is 0 Å². The van der Waals surface area contributed by atoms with Crippen LogP contribution < -0.4 is 0 Å². The quantitative estimate of drug-likeness (QED) is 0.332. The first kappa shape index (κ1) is 19.8. The second kappa shape index (κ2) is 8.02. The third kappa shape index (κ3) is 4.39. The Hall–Kier alpha value is -2.26. The Morgan fingerprint density at radius 1 is 1.29 bits per heavy atom. The zero-order chi connectivity index (χ0) is 18.5. The summed E-state index contributed by atoms with van der Waals surface area (Å²) in [6, 6.07) is 0. The number of alkyl halides is 5. The van der Waals surface area contributed by atoms with Crippen LogP contribution in [0.5, 0.6) is 0 Å². The molecule has 0 radical (unpaired) electrons. The van der Waals surface area contributed by atoms with Gasteiger partial charge in [-0.15, -0.1) is 0 Å². The van der Waals surface area contributed by atoms with E-state index in [4.69, 9.17) is 4.74 Å². The molecule has 0 aliphatic rings. The highest BCUT2D eigenvalue weighted by Crippen LogP contribution is 2.39. The van der Waals surface area contributed by atoms with Crippen molar-refractivity contribution in [1.82, 2.24) is 4.98 Å². The normalized spacial score (nSPS) is 12.0. The topological polar surface area (TPSA) is 60.8 Å². The lowest BCUT2D eigenvalue weighted by molar-refractivity contribution is -0.142. The van der Waals surface area contributed by atoms with E-state index < -0.39 is 46.8 Å². The number of pyridine rings is 1. The van der Waals surface area contributed by atoms with Crippen LogP contribution in [0.3, 0.4) is 0 Å². The molecule has 0 amide bonds. The number of rotatable bonds is 6. The zero-order valence-corrected chi connectivity index (χ0v) is 13.1. The van der Waals surface area contributed by atoms with E-state index in [0.717, 1.165) is 13.3 Å². The smallest absolute Gasteiger partial charge is 0.434 e. The van der Waals surface area contributed by atoms with Crippen molar-refractivity contribution in [2.75, 3.05) is 13.2 Å². The summed E-state index contributed by atoms with van der Waals surface area (Å²) < 4.78 is 75.0. The van der Waals surface area contributed by atoms with E-state index in [9.17, 15) is 26.7 Å². The van der Waals surface area contributed by atoms with Crippen LogP contribution in [-0.4, -0.2) is 30.6 Å². The molecule has 1 rings (SSSR count). The minimum atomic E-state index is -5.11. The number of aromatic nitrogens is 1. The minimum Gasteiger partial charge on any atom is -0.483 e. The summed E-state index contributed by atoms with van der Waals surface area (Å²) in [4.78, 5) is 18.4. The lowest BCUT2D eigenvalue weighted by Crippen LogP contribution is -2.20. The first-order chi connectivity index (χ1) is 11.1. The molecule has 0 aliphatic heterocycles. The summed E-state index contributed by atoms with van der Waals surface area (Å²) in [6.45, 7) is 4.04. The Kier molecular flexibility index (Phi) is 6.61. The predicted molar refractivity (Wildman–Crippen MR) is 74.7 cm³/mol. The van der Waals surface area contributed by atoms with Gasteiger partial charge in [0.2, 0.25) is 0 Å². The van der Waals surface area contributed by atoms with Gasteiger partial charge in [0.05, 0.1) is 24.5 Å². The highest BCUT2D eigenvalue weighted by atomic mass is 19.4. The lowest BCUT2D eigenvalue weighted by atomic mass is 10.0. The van der Waals surface area contributed by atoms with Crippen molar-refractivity contribution in [3.63, 3.8) is 0 Å². The van der Waals surface area contributed by atoms with Gasteiger partial charge in [0.15, 0.2) is 12.1 Å². The largest absolute Gasteiger partial charge is 0.483 e. The molecule has 0 aliphatic carbocycles. The molecular weight excluding hydrogens is 339 g/mol. The number of carbonyl (C=O) groups excluding carboxylic acids is 1. The highest BCUT2D eigenvalue weighted by Gasteiger charge is 2.41. The number of halogens is 5. The Morgan fingerprint density at radius 2 is 1.92 bits per heavy atom. The van der Waals surface area contributed by atoms with Crippen molar-refractivity contribution in [3.8, 4) is 0 Å². The molecule has 0 saturated carbocycles. The molecule has 0 spiro atoms. The third-order valence-corrected chi connectivity index (χ3v) is 2.82. The van der Waals surface area contributed by atoms with Gasteiger partial charge >= 0.3 is 12.1 Å². The molecule has 24 heavy (non-hydrogen) atoms. The second-order valence-electron chi connectivity index (χ2n) is 4.40. The Labute approximate surface area is 134 Å². The molecule has 0 bridgehead atoms. The molecule has 5 nitrogen and oxygen atoms in total. The van der Waals surface area contributed by atoms with Crippen molar-refractivity contribution in [2.45, 2.75) is 33.4 Å². The molecule has 0 atom stereocenters. The number of aliphatic imine (C=N–C) groups is 1. The number of hydrogen-bond acceptors (Lipinski definition) is 5. The van der Waals surface area contributed by atoms with E-state index in [1.165, 1.54) is 6.92 Å². The van der Waals surface area contributed by atoms with E-state index in [1.54, 1.807) is 6.92 Å². The van der Waals surface area contributed by atoms with Crippen LogP contribution in [0.25, 0.3) is 0 Å². The average Bonchev–Trinajstić information content (AvgIpc) is 2.47. The number of esters is 1. The second-order valence-corrected chi connectivity index (χ2v) is 4.40. The Bertz CT molecular complexity index is 630. The third-order valence-electron chi connectivity index (χ3n) is 2.82. The standard InChI is InChI=1S/C14H15F5N2O3/c1-4-23-6-20-9-7(3)8(13(22)24-5-2)11(14(17,18)19)21-10(9)12(15)16/h6,12H,4-5H2,1-3H3. The summed E-state index contributed by atoms with van der Waals surface area (Å²) in [5, 5.41) is 0. The molecule has 0 aromatic carbocycles. The maximum Gasteiger partial charge on any atom is 0.434 e. The Balaban J connectivity index is 3.71. The molecule has 134 valence electrons. The first-order valence-electron chi connectivity index (χ1n) is 6.86. The minimum absolute atomic E-state index is 0.172. The molecule has 10 heteroatoms. The lowest BCUT2D eigenvalue weighted by Gasteiger charge is -2.17. The summed E-state index contributed by atoms with van der Waals surface area (Å²) >= 11 is 0. The van der Waals surface area contributed by atoms with Crippen LogP contribution in [0.1, 0.15) is 47.6 Å². The molecule has 0 saturated heterocycles. The van der Waals surface area contributed by atoms with Crippen LogP contribution in [0, 0.1) is 6.92 Å². The van der Waals surface area contributed by atoms with E-state index in [2.05, 4.69) is 14.7 Å². The average molecular weight is 354 g/mol. The van der Waals surface area contributed by atoms with Gasteiger partial charge < -0.3 is 9.47 Å². The fourth-order valence-corrected chi connectivity index (χ4v) is 1.86. The first-order valence-corrected chi connectivity index (χ1v) is 6.86. The number of ether oxygens (including phenoxy) is 2. The van der Waals surface area contributed by atoms with Gasteiger partial charge in [0.25, 0.3) is 6.43 Å². The van der Waals surface area contributed by atoms with Crippen molar-refractivity contribution in [3.05, 3.63) is 22.5 Å². The summed E-state index contributed by atoms with van der Waals surface area (Å²) in [6.07, 6.45) is -7.63. The fraction of sp³-hybridized carbons (Fsp3) is 0.500. The molecule has 0 fully saturated rings. The molecular formula is C14H15F5N2O3. The molecule has 1 heterocycles. The predicted octanol–water partition coefficient (Wildman–Crippen LogP) is 4.22. The van der Waals surface area contributed by atoms with E-state index in [-0.39, 0.29) is 13.2 Å². The highest BCUT2D eigenvalue weighted by molar-refractivity contribution is 5.94. The summed E-state index contributed by atoms with van der Waals surface area (Å²) in [7, 11) is 0. The molecule has 0 unspecified atom stereocenters. The van der Waals surface area contributed by atoms with Gasteiger partial charge in [-0.1, -0.05) is 0 Å². The monoisotopic (exact) mass is 354 g/mol. The number of nitrogens with zero attached hydrogens (tertiary/aromatic N) is 2. The van der Waals surface area contributed by atoms with Crippen molar-refractivity contribution < 1.29 is 36.2 Å².